The molecule has 13 heavy (non-hydrogen) atoms. The van der Waals surface area contributed by atoms with Gasteiger partial charge in [-0.15, -0.1) is 0 Å². The summed E-state index contributed by atoms with van der Waals surface area (Å²) in [6, 6.07) is 3.39. The van der Waals surface area contributed by atoms with Crippen molar-refractivity contribution < 1.29 is 9.59 Å². The van der Waals surface area contributed by atoms with Gasteiger partial charge in [0.25, 0.3) is 11.7 Å². The second-order valence-electron chi connectivity index (χ2n) is 2.95. The first kappa shape index (κ1) is 8.26. The molecule has 0 aliphatic carbocycles. The van der Waals surface area contributed by atoms with Crippen molar-refractivity contribution in [2.24, 2.45) is 0 Å². The van der Waals surface area contributed by atoms with Crippen molar-refractivity contribution in [3.63, 3.8) is 0 Å². The third-order valence-corrected chi connectivity index (χ3v) is 2.21. The van der Waals surface area contributed by atoms with Crippen molar-refractivity contribution in [2.75, 3.05) is 5.32 Å². The van der Waals surface area contributed by atoms with Crippen LogP contribution >= 0.6 is 11.6 Å². The monoisotopic (exact) mass is 195 g/mol. The van der Waals surface area contributed by atoms with Gasteiger partial charge in [-0.25, -0.2) is 0 Å². The van der Waals surface area contributed by atoms with Gasteiger partial charge in [-0.3, -0.25) is 9.59 Å². The Hall–Kier alpha value is -1.35. The summed E-state index contributed by atoms with van der Waals surface area (Å²) in [7, 11) is 0. The molecule has 2 rings (SSSR count). The van der Waals surface area contributed by atoms with Gasteiger partial charge in [-0.1, -0.05) is 11.6 Å². The van der Waals surface area contributed by atoms with Gasteiger partial charge < -0.3 is 5.32 Å². The molecule has 1 aromatic rings. The molecule has 1 aliphatic heterocycles. The van der Waals surface area contributed by atoms with Crippen LogP contribution in [0.15, 0.2) is 12.1 Å². The molecule has 1 aromatic carbocycles. The maximum Gasteiger partial charge on any atom is 0.296 e. The molecule has 0 radical (unpaired) electrons. The zero-order valence-electron chi connectivity index (χ0n) is 6.85. The highest BCUT2D eigenvalue weighted by molar-refractivity contribution is 6.54. The smallest absolute Gasteiger partial charge is 0.296 e. The van der Waals surface area contributed by atoms with Crippen LogP contribution in [0.4, 0.5) is 5.69 Å². The number of halogens is 1. The minimum atomic E-state index is -0.609. The molecular weight excluding hydrogens is 190 g/mol. The minimum absolute atomic E-state index is 0.289. The Labute approximate surface area is 79.7 Å². The lowest BCUT2D eigenvalue weighted by molar-refractivity contribution is -0.112. The highest BCUT2D eigenvalue weighted by Crippen LogP contribution is 2.30. The van der Waals surface area contributed by atoms with E-state index in [1.807, 2.05) is 6.92 Å². The third kappa shape index (κ3) is 1.12. The Morgan fingerprint density at radius 3 is 2.69 bits per heavy atom. The summed E-state index contributed by atoms with van der Waals surface area (Å²) in [5.41, 5.74) is 1.72. The molecule has 1 heterocycles. The van der Waals surface area contributed by atoms with Crippen molar-refractivity contribution >= 4 is 29.0 Å². The number of benzene rings is 1. The maximum absolute atomic E-state index is 11.2. The van der Waals surface area contributed by atoms with Crippen molar-refractivity contribution in [2.45, 2.75) is 6.92 Å². The molecule has 0 spiro atoms. The lowest BCUT2D eigenvalue weighted by atomic mass is 10.1. The van der Waals surface area contributed by atoms with Gasteiger partial charge in [-0.2, -0.15) is 0 Å². The molecule has 1 N–H and O–H groups in total. The molecule has 0 atom stereocenters. The Kier molecular flexibility index (Phi) is 1.63. The number of carbonyl (C=O) groups excluding carboxylic acids is 2. The van der Waals surface area contributed by atoms with Crippen LogP contribution in [0.3, 0.4) is 0 Å². The Bertz CT molecular complexity index is 426. The Morgan fingerprint density at radius 1 is 1.31 bits per heavy atom. The molecule has 1 amide bonds. The fourth-order valence-electron chi connectivity index (χ4n) is 1.36. The van der Waals surface area contributed by atoms with Crippen LogP contribution in [0, 0.1) is 6.92 Å². The molecule has 66 valence electrons. The first-order chi connectivity index (χ1) is 6.09. The summed E-state index contributed by atoms with van der Waals surface area (Å²) in [5.74, 6) is -1.16. The SMILES string of the molecule is Cc1cc(Cl)c2c(c1)NC(=O)C2=O. The van der Waals surface area contributed by atoms with Crippen molar-refractivity contribution in [3.05, 3.63) is 28.3 Å². The standard InChI is InChI=1S/C9H6ClNO2/c1-4-2-5(10)7-6(3-4)11-9(13)8(7)12/h2-3H,1H3,(H,11,12,13). The number of ketones is 1. The number of carbonyl (C=O) groups is 2. The van der Waals surface area contributed by atoms with E-state index in [1.165, 1.54) is 0 Å². The molecule has 1 aliphatic rings. The fourth-order valence-corrected chi connectivity index (χ4v) is 1.72. The van der Waals surface area contributed by atoms with Crippen LogP contribution in [-0.4, -0.2) is 11.7 Å². The molecule has 0 unspecified atom stereocenters. The summed E-state index contributed by atoms with van der Waals surface area (Å²) in [6.45, 7) is 1.85. The van der Waals surface area contributed by atoms with Crippen molar-refractivity contribution in [1.82, 2.24) is 0 Å². The van der Waals surface area contributed by atoms with Crippen LogP contribution in [0.2, 0.25) is 5.02 Å². The number of hydrogen-bond donors (Lipinski definition) is 1. The molecule has 0 saturated heterocycles. The predicted molar refractivity (Wildman–Crippen MR) is 49.1 cm³/mol. The molecule has 4 heteroatoms. The van der Waals surface area contributed by atoms with E-state index in [0.29, 0.717) is 10.7 Å². The van der Waals surface area contributed by atoms with Gasteiger partial charge in [0.1, 0.15) is 0 Å². The van der Waals surface area contributed by atoms with E-state index in [1.54, 1.807) is 12.1 Å². The van der Waals surface area contributed by atoms with Gasteiger partial charge >= 0.3 is 0 Å². The first-order valence-corrected chi connectivity index (χ1v) is 4.13. The van der Waals surface area contributed by atoms with Gasteiger partial charge in [0.05, 0.1) is 16.3 Å². The first-order valence-electron chi connectivity index (χ1n) is 3.75. The second kappa shape index (κ2) is 2.57. The Morgan fingerprint density at radius 2 is 2.00 bits per heavy atom. The highest BCUT2D eigenvalue weighted by atomic mass is 35.5. The summed E-state index contributed by atoms with van der Waals surface area (Å²) >= 11 is 5.82. The van der Waals surface area contributed by atoms with E-state index in [-0.39, 0.29) is 5.56 Å². The van der Waals surface area contributed by atoms with Gasteiger partial charge in [0, 0.05) is 0 Å². The van der Waals surface area contributed by atoms with E-state index in [4.69, 9.17) is 11.6 Å². The van der Waals surface area contributed by atoms with Crippen LogP contribution in [0.5, 0.6) is 0 Å². The highest BCUT2D eigenvalue weighted by Gasteiger charge is 2.30. The maximum atomic E-state index is 11.2. The summed E-state index contributed by atoms with van der Waals surface area (Å²) < 4.78 is 0. The van der Waals surface area contributed by atoms with Crippen LogP contribution in [-0.2, 0) is 4.79 Å². The largest absolute Gasteiger partial charge is 0.318 e. The average molecular weight is 196 g/mol. The van der Waals surface area contributed by atoms with Crippen LogP contribution < -0.4 is 5.32 Å². The molecule has 0 fully saturated rings. The van der Waals surface area contributed by atoms with Gasteiger partial charge in [0.15, 0.2) is 0 Å². The lowest BCUT2D eigenvalue weighted by Gasteiger charge is -2.00. The van der Waals surface area contributed by atoms with E-state index < -0.39 is 11.7 Å². The zero-order valence-corrected chi connectivity index (χ0v) is 7.61. The number of nitrogens with one attached hydrogen (secondary N) is 1. The summed E-state index contributed by atoms with van der Waals surface area (Å²) in [4.78, 5) is 22.2. The number of aryl methyl sites for hydroxylation is 1. The quantitative estimate of drug-likeness (QED) is 0.642. The van der Waals surface area contributed by atoms with Crippen molar-refractivity contribution in [3.8, 4) is 0 Å². The topological polar surface area (TPSA) is 46.2 Å². The van der Waals surface area contributed by atoms with Crippen LogP contribution in [0.25, 0.3) is 0 Å². The third-order valence-electron chi connectivity index (χ3n) is 1.92. The van der Waals surface area contributed by atoms with Gasteiger partial charge in [-0.05, 0) is 24.6 Å². The molecule has 3 nitrogen and oxygen atoms in total. The number of rotatable bonds is 0. The summed E-state index contributed by atoms with van der Waals surface area (Å²) in [6.07, 6.45) is 0. The average Bonchev–Trinajstić information content (AvgIpc) is 2.27. The van der Waals surface area contributed by atoms with E-state index >= 15 is 0 Å². The molecule has 0 saturated carbocycles. The van der Waals surface area contributed by atoms with Crippen LogP contribution in [0.1, 0.15) is 15.9 Å². The fraction of sp³-hybridized carbons (Fsp3) is 0.111. The van der Waals surface area contributed by atoms with E-state index in [9.17, 15) is 9.59 Å². The van der Waals surface area contributed by atoms with E-state index in [2.05, 4.69) is 5.32 Å². The van der Waals surface area contributed by atoms with Crippen molar-refractivity contribution in [1.29, 1.82) is 0 Å². The normalized spacial score (nSPS) is 14.3. The number of Topliss-reactive ketones (excluding diaryl/α,β-unsaturated/α-hetero) is 1. The number of hydrogen-bond acceptors (Lipinski definition) is 2. The molecular formula is C9H6ClNO2. The second-order valence-corrected chi connectivity index (χ2v) is 3.36. The molecule has 0 aromatic heterocycles. The number of fused-ring (bicyclic) bond motifs is 1. The number of anilines is 1. The molecule has 0 bridgehead atoms. The van der Waals surface area contributed by atoms with E-state index in [0.717, 1.165) is 5.56 Å². The Balaban J connectivity index is 2.71. The number of amides is 1. The zero-order chi connectivity index (χ0) is 9.59. The van der Waals surface area contributed by atoms with Gasteiger partial charge in [0.2, 0.25) is 0 Å². The summed E-state index contributed by atoms with van der Waals surface area (Å²) in [5, 5.41) is 2.79. The predicted octanol–water partition coefficient (Wildman–Crippen LogP) is 1.78. The lowest BCUT2D eigenvalue weighted by Crippen LogP contribution is -2.12. The minimum Gasteiger partial charge on any atom is -0.318 e.